The van der Waals surface area contributed by atoms with E-state index in [0.29, 0.717) is 37.6 Å². The maximum Gasteiger partial charge on any atom is 0.373 e. The first-order valence-corrected chi connectivity index (χ1v) is 13.2. The van der Waals surface area contributed by atoms with E-state index < -0.39 is 17.9 Å². The third kappa shape index (κ3) is 5.90. The number of methoxy groups -OCH3 is 1. The first-order valence-electron chi connectivity index (χ1n) is 11.3. The topological polar surface area (TPSA) is 107 Å². The molecular weight excluding hydrogens is 648 g/mol. The van der Waals surface area contributed by atoms with E-state index in [1.807, 2.05) is 25.1 Å². The molecule has 3 aromatic rings. The van der Waals surface area contributed by atoms with Crippen LogP contribution in [-0.2, 0) is 22.7 Å². The molecule has 0 spiro atoms. The Kier molecular flexibility index (Phi) is 8.80. The average molecular weight is 669 g/mol. The Morgan fingerprint density at radius 1 is 1.13 bits per heavy atom. The number of nitrogens with zero attached hydrogens (tertiary/aromatic N) is 1. The van der Waals surface area contributed by atoms with Gasteiger partial charge in [0.2, 0.25) is 5.76 Å². The van der Waals surface area contributed by atoms with Crippen LogP contribution in [0.5, 0.6) is 11.5 Å². The summed E-state index contributed by atoms with van der Waals surface area (Å²) in [7, 11) is 1.23. The van der Waals surface area contributed by atoms with Gasteiger partial charge in [0, 0.05) is 15.1 Å². The van der Waals surface area contributed by atoms with Gasteiger partial charge in [0.15, 0.2) is 11.5 Å². The van der Waals surface area contributed by atoms with Crippen LogP contribution in [0.2, 0.25) is 5.02 Å². The molecule has 3 amide bonds. The summed E-state index contributed by atoms with van der Waals surface area (Å²) in [6.45, 7) is 2.25. The van der Waals surface area contributed by atoms with E-state index >= 15 is 0 Å². The second-order valence-electron chi connectivity index (χ2n) is 7.87. The number of esters is 1. The number of nitrogens with one attached hydrogen (secondary N) is 1. The molecule has 198 valence electrons. The number of carbonyl (C=O) groups is 3. The van der Waals surface area contributed by atoms with Crippen molar-refractivity contribution in [2.75, 3.05) is 13.7 Å². The highest BCUT2D eigenvalue weighted by Gasteiger charge is 2.35. The van der Waals surface area contributed by atoms with Crippen molar-refractivity contribution in [3.05, 3.63) is 84.8 Å². The molecule has 4 rings (SSSR count). The summed E-state index contributed by atoms with van der Waals surface area (Å²) in [6.07, 6.45) is 1.53. The quantitative estimate of drug-likeness (QED) is 0.162. The van der Waals surface area contributed by atoms with E-state index in [1.54, 1.807) is 12.1 Å². The molecule has 1 aliphatic heterocycles. The van der Waals surface area contributed by atoms with E-state index in [-0.39, 0.29) is 30.4 Å². The predicted molar refractivity (Wildman–Crippen MR) is 146 cm³/mol. The molecule has 38 heavy (non-hydrogen) atoms. The van der Waals surface area contributed by atoms with Crippen LogP contribution in [0.25, 0.3) is 6.08 Å². The number of carbonyl (C=O) groups excluding carboxylic acids is 3. The van der Waals surface area contributed by atoms with Crippen LogP contribution in [0.4, 0.5) is 4.79 Å². The van der Waals surface area contributed by atoms with Gasteiger partial charge in [-0.05, 0) is 74.7 Å². The number of halogens is 3. The van der Waals surface area contributed by atoms with E-state index in [1.165, 1.54) is 25.3 Å². The zero-order valence-electron chi connectivity index (χ0n) is 20.2. The van der Waals surface area contributed by atoms with Crippen molar-refractivity contribution in [1.82, 2.24) is 10.2 Å². The minimum Gasteiger partial charge on any atom is -0.490 e. The van der Waals surface area contributed by atoms with Crippen LogP contribution in [0.15, 0.2) is 61.5 Å². The number of amides is 3. The normalized spacial score (nSPS) is 14.1. The van der Waals surface area contributed by atoms with Gasteiger partial charge >= 0.3 is 12.0 Å². The molecule has 1 saturated heterocycles. The summed E-state index contributed by atoms with van der Waals surface area (Å²) < 4.78 is 23.0. The smallest absolute Gasteiger partial charge is 0.373 e. The van der Waals surface area contributed by atoms with Gasteiger partial charge in [-0.15, -0.1) is 0 Å². The van der Waals surface area contributed by atoms with E-state index in [0.717, 1.165) is 10.5 Å². The minimum atomic E-state index is -0.658. The molecule has 12 heteroatoms. The minimum absolute atomic E-state index is 0.0283. The van der Waals surface area contributed by atoms with Crippen molar-refractivity contribution >= 4 is 67.4 Å². The fourth-order valence-corrected chi connectivity index (χ4v) is 4.71. The molecule has 0 saturated carbocycles. The molecular formula is C26H21Br2ClN2O7. The van der Waals surface area contributed by atoms with Crippen molar-refractivity contribution < 1.29 is 33.0 Å². The van der Waals surface area contributed by atoms with Gasteiger partial charge in [-0.3, -0.25) is 9.69 Å². The lowest BCUT2D eigenvalue weighted by Crippen LogP contribution is -2.30. The number of rotatable bonds is 9. The third-order valence-electron chi connectivity index (χ3n) is 5.41. The van der Waals surface area contributed by atoms with Gasteiger partial charge in [0.05, 0.1) is 24.7 Å². The van der Waals surface area contributed by atoms with Gasteiger partial charge in [0.25, 0.3) is 5.91 Å². The largest absolute Gasteiger partial charge is 0.490 e. The zero-order valence-corrected chi connectivity index (χ0v) is 24.1. The molecule has 1 N–H and O–H groups in total. The van der Waals surface area contributed by atoms with Crippen LogP contribution >= 0.6 is 43.5 Å². The van der Waals surface area contributed by atoms with Crippen LogP contribution in [0.3, 0.4) is 0 Å². The first kappa shape index (κ1) is 27.7. The molecule has 1 aromatic heterocycles. The molecule has 0 aliphatic carbocycles. The van der Waals surface area contributed by atoms with E-state index in [9.17, 15) is 14.4 Å². The Hall–Kier alpha value is -3.28. The number of furan rings is 1. The second kappa shape index (κ2) is 12.1. The fourth-order valence-electron chi connectivity index (χ4n) is 3.57. The van der Waals surface area contributed by atoms with Crippen LogP contribution in [0.1, 0.15) is 34.4 Å². The summed E-state index contributed by atoms with van der Waals surface area (Å²) in [4.78, 5) is 38.2. The Morgan fingerprint density at radius 3 is 2.61 bits per heavy atom. The number of hydrogen-bond acceptors (Lipinski definition) is 7. The maximum absolute atomic E-state index is 13.0. The van der Waals surface area contributed by atoms with E-state index in [2.05, 4.69) is 41.9 Å². The van der Waals surface area contributed by atoms with Crippen molar-refractivity contribution in [2.24, 2.45) is 0 Å². The lowest BCUT2D eigenvalue weighted by Gasteiger charge is -2.17. The Labute approximate surface area is 239 Å². The van der Waals surface area contributed by atoms with Crippen LogP contribution in [0, 0.1) is 0 Å². The lowest BCUT2D eigenvalue weighted by molar-refractivity contribution is -0.123. The van der Waals surface area contributed by atoms with Crippen LogP contribution in [-0.4, -0.2) is 36.5 Å². The molecule has 0 radical (unpaired) electrons. The number of ether oxygens (including phenoxy) is 3. The molecule has 1 aliphatic rings. The van der Waals surface area contributed by atoms with Gasteiger partial charge < -0.3 is 23.9 Å². The molecule has 2 aromatic carbocycles. The Morgan fingerprint density at radius 2 is 1.89 bits per heavy atom. The van der Waals surface area contributed by atoms with Crippen molar-refractivity contribution in [3.8, 4) is 11.5 Å². The number of urea groups is 1. The van der Waals surface area contributed by atoms with Crippen molar-refractivity contribution in [3.63, 3.8) is 0 Å². The number of benzene rings is 2. The van der Waals surface area contributed by atoms with Gasteiger partial charge in [0.1, 0.15) is 18.1 Å². The van der Waals surface area contributed by atoms with Gasteiger partial charge in [-0.1, -0.05) is 29.8 Å². The van der Waals surface area contributed by atoms with Crippen molar-refractivity contribution in [1.29, 1.82) is 0 Å². The molecule has 0 unspecified atom stereocenters. The van der Waals surface area contributed by atoms with Gasteiger partial charge in [-0.2, -0.15) is 0 Å². The molecule has 0 bridgehead atoms. The summed E-state index contributed by atoms with van der Waals surface area (Å²) >= 11 is 13.3. The fraction of sp³-hybridized carbons (Fsp3) is 0.192. The van der Waals surface area contributed by atoms with Crippen molar-refractivity contribution in [2.45, 2.75) is 20.1 Å². The molecule has 2 heterocycles. The SMILES string of the molecule is CCOc1cc(/C=C2\NC(=O)N(Cc3ccc(C(=O)OC)o3)C2=O)c(Br)c(Br)c1OCc1ccccc1Cl. The summed E-state index contributed by atoms with van der Waals surface area (Å²) in [6, 6.07) is 11.3. The molecule has 9 nitrogen and oxygen atoms in total. The first-order chi connectivity index (χ1) is 18.2. The summed E-state index contributed by atoms with van der Waals surface area (Å²) in [5.74, 6) is -0.124. The Balaban J connectivity index is 1.58. The maximum atomic E-state index is 13.0. The highest BCUT2D eigenvalue weighted by molar-refractivity contribution is 9.13. The second-order valence-corrected chi connectivity index (χ2v) is 9.86. The summed E-state index contributed by atoms with van der Waals surface area (Å²) in [5, 5.41) is 3.15. The molecule has 0 atom stereocenters. The summed E-state index contributed by atoms with van der Waals surface area (Å²) in [5.41, 5.74) is 1.41. The average Bonchev–Trinajstić information content (AvgIpc) is 3.48. The number of imide groups is 1. The lowest BCUT2D eigenvalue weighted by atomic mass is 10.1. The Bertz CT molecular complexity index is 1440. The molecule has 1 fully saturated rings. The van der Waals surface area contributed by atoms with Crippen LogP contribution < -0.4 is 14.8 Å². The van der Waals surface area contributed by atoms with E-state index in [4.69, 9.17) is 25.5 Å². The third-order valence-corrected chi connectivity index (χ3v) is 7.92. The monoisotopic (exact) mass is 666 g/mol. The highest BCUT2D eigenvalue weighted by atomic mass is 79.9. The zero-order chi connectivity index (χ0) is 27.4. The van der Waals surface area contributed by atoms with Gasteiger partial charge in [-0.25, -0.2) is 9.59 Å². The standard InChI is InChI=1S/C26H21Br2ClN2O7/c1-3-36-20-11-15(21(27)22(28)23(20)37-13-14-6-4-5-7-17(14)29)10-18-24(32)31(26(34)30-18)12-16-8-9-19(38-16)25(33)35-2/h4-11H,3,12-13H2,1-2H3,(H,30,34)/b18-10-. The highest BCUT2D eigenvalue weighted by Crippen LogP contribution is 2.44. The predicted octanol–water partition coefficient (Wildman–Crippen LogP) is 6.32. The number of hydrogen-bond donors (Lipinski definition) is 1.